The van der Waals surface area contributed by atoms with Gasteiger partial charge in [-0.1, -0.05) is 5.16 Å². The Labute approximate surface area is 85.7 Å². The first kappa shape index (κ1) is 9.58. The van der Waals surface area contributed by atoms with Crippen LogP contribution in [0.25, 0.3) is 0 Å². The van der Waals surface area contributed by atoms with Gasteiger partial charge in [-0.25, -0.2) is 4.79 Å². The van der Waals surface area contributed by atoms with Crippen molar-refractivity contribution in [3.05, 3.63) is 17.5 Å². The van der Waals surface area contributed by atoms with Crippen molar-refractivity contribution in [1.82, 2.24) is 5.16 Å². The molecule has 0 unspecified atom stereocenters. The molecule has 1 N–H and O–H groups in total. The molecule has 0 aliphatic carbocycles. The zero-order valence-corrected chi connectivity index (χ0v) is 8.42. The van der Waals surface area contributed by atoms with Gasteiger partial charge in [0.05, 0.1) is 0 Å². The Morgan fingerprint density at radius 3 is 2.86 bits per heavy atom. The monoisotopic (exact) mass is 213 g/mol. The van der Waals surface area contributed by atoms with Crippen LogP contribution in [0.2, 0.25) is 0 Å². The number of carbonyl (C=O) groups is 1. The molecule has 1 aromatic heterocycles. The van der Waals surface area contributed by atoms with Crippen molar-refractivity contribution in [2.45, 2.75) is 18.8 Å². The van der Waals surface area contributed by atoms with Gasteiger partial charge in [0.2, 0.25) is 0 Å². The molecule has 1 aliphatic heterocycles. The molecule has 1 fully saturated rings. The number of carboxylic acids is 1. The predicted octanol–water partition coefficient (Wildman–Crippen LogP) is 1.98. The van der Waals surface area contributed by atoms with E-state index in [1.807, 2.05) is 11.8 Å². The quantitative estimate of drug-likeness (QED) is 0.813. The van der Waals surface area contributed by atoms with E-state index in [9.17, 15) is 4.79 Å². The summed E-state index contributed by atoms with van der Waals surface area (Å²) in [7, 11) is 0. The van der Waals surface area contributed by atoms with Gasteiger partial charge in [-0.3, -0.25) is 0 Å². The molecule has 14 heavy (non-hydrogen) atoms. The lowest BCUT2D eigenvalue weighted by Crippen LogP contribution is -2.06. The average molecular weight is 213 g/mol. The second-order valence-electron chi connectivity index (χ2n) is 3.31. The second-order valence-corrected chi connectivity index (χ2v) is 4.53. The largest absolute Gasteiger partial charge is 0.476 e. The molecule has 0 bridgehead atoms. The summed E-state index contributed by atoms with van der Waals surface area (Å²) in [5.41, 5.74) is 0.0122. The SMILES string of the molecule is O=C(O)c1cc(C2CCSCC2)on1. The molecule has 0 spiro atoms. The van der Waals surface area contributed by atoms with E-state index in [1.165, 1.54) is 0 Å². The topological polar surface area (TPSA) is 63.3 Å². The summed E-state index contributed by atoms with van der Waals surface area (Å²) >= 11 is 1.93. The van der Waals surface area contributed by atoms with Gasteiger partial charge in [0.15, 0.2) is 5.69 Å². The number of hydrogen-bond donors (Lipinski definition) is 1. The van der Waals surface area contributed by atoms with Crippen LogP contribution < -0.4 is 0 Å². The summed E-state index contributed by atoms with van der Waals surface area (Å²) < 4.78 is 5.03. The van der Waals surface area contributed by atoms with Gasteiger partial charge >= 0.3 is 5.97 Å². The molecular weight excluding hydrogens is 202 g/mol. The lowest BCUT2D eigenvalue weighted by molar-refractivity contribution is 0.0685. The predicted molar refractivity (Wildman–Crippen MR) is 52.8 cm³/mol. The number of hydrogen-bond acceptors (Lipinski definition) is 4. The molecule has 2 heterocycles. The highest BCUT2D eigenvalue weighted by Crippen LogP contribution is 2.31. The highest BCUT2D eigenvalue weighted by Gasteiger charge is 2.21. The Bertz CT molecular complexity index is 331. The lowest BCUT2D eigenvalue weighted by Gasteiger charge is -2.17. The van der Waals surface area contributed by atoms with E-state index in [-0.39, 0.29) is 5.69 Å². The Morgan fingerprint density at radius 2 is 2.29 bits per heavy atom. The number of carboxylic acid groups (broad SMARTS) is 1. The van der Waals surface area contributed by atoms with Crippen LogP contribution in [0, 0.1) is 0 Å². The van der Waals surface area contributed by atoms with Crippen LogP contribution >= 0.6 is 11.8 Å². The van der Waals surface area contributed by atoms with Crippen molar-refractivity contribution in [2.24, 2.45) is 0 Å². The van der Waals surface area contributed by atoms with Gasteiger partial charge in [-0.15, -0.1) is 0 Å². The van der Waals surface area contributed by atoms with E-state index >= 15 is 0 Å². The maximum atomic E-state index is 10.6. The third-order valence-electron chi connectivity index (χ3n) is 2.37. The second kappa shape index (κ2) is 4.04. The first-order valence-corrected chi connectivity index (χ1v) is 5.70. The van der Waals surface area contributed by atoms with E-state index in [0.717, 1.165) is 30.1 Å². The summed E-state index contributed by atoms with van der Waals surface area (Å²) in [6, 6.07) is 1.54. The number of aromatic nitrogens is 1. The molecule has 0 saturated carbocycles. The molecule has 0 radical (unpaired) electrons. The average Bonchev–Trinajstić information content (AvgIpc) is 2.68. The minimum Gasteiger partial charge on any atom is -0.476 e. The van der Waals surface area contributed by atoms with Gasteiger partial charge < -0.3 is 9.63 Å². The molecule has 0 amide bonds. The zero-order valence-electron chi connectivity index (χ0n) is 7.60. The number of rotatable bonds is 2. The summed E-state index contributed by atoms with van der Waals surface area (Å²) in [6.45, 7) is 0. The molecule has 76 valence electrons. The molecule has 2 rings (SSSR count). The smallest absolute Gasteiger partial charge is 0.358 e. The van der Waals surface area contributed by atoms with E-state index in [2.05, 4.69) is 5.16 Å². The maximum Gasteiger partial charge on any atom is 0.358 e. The van der Waals surface area contributed by atoms with Gasteiger partial charge in [0, 0.05) is 12.0 Å². The van der Waals surface area contributed by atoms with Crippen LogP contribution in [-0.4, -0.2) is 27.7 Å². The van der Waals surface area contributed by atoms with Crippen LogP contribution in [0.1, 0.15) is 35.0 Å². The third kappa shape index (κ3) is 1.92. The Morgan fingerprint density at radius 1 is 1.57 bits per heavy atom. The first-order chi connectivity index (χ1) is 6.77. The van der Waals surface area contributed by atoms with E-state index in [0.29, 0.717) is 5.92 Å². The van der Waals surface area contributed by atoms with Crippen LogP contribution in [-0.2, 0) is 0 Å². The Hall–Kier alpha value is -0.970. The standard InChI is InChI=1S/C9H11NO3S/c11-9(12)7-5-8(13-10-7)6-1-3-14-4-2-6/h5-6H,1-4H2,(H,11,12). The van der Waals surface area contributed by atoms with E-state index in [4.69, 9.17) is 9.63 Å². The maximum absolute atomic E-state index is 10.6. The fraction of sp³-hybridized carbons (Fsp3) is 0.556. The molecule has 0 atom stereocenters. The third-order valence-corrected chi connectivity index (χ3v) is 3.42. The van der Waals surface area contributed by atoms with Crippen LogP contribution in [0.5, 0.6) is 0 Å². The van der Waals surface area contributed by atoms with Crippen molar-refractivity contribution in [1.29, 1.82) is 0 Å². The minimum absolute atomic E-state index is 0.0122. The molecule has 1 aromatic rings. The van der Waals surface area contributed by atoms with Gasteiger partial charge in [-0.2, -0.15) is 11.8 Å². The molecule has 1 saturated heterocycles. The number of aromatic carboxylic acids is 1. The molecule has 1 aliphatic rings. The molecule has 0 aromatic carbocycles. The first-order valence-electron chi connectivity index (χ1n) is 4.55. The van der Waals surface area contributed by atoms with Gasteiger partial charge in [0.1, 0.15) is 5.76 Å². The van der Waals surface area contributed by atoms with Crippen molar-refractivity contribution < 1.29 is 14.4 Å². The molecule has 5 heteroatoms. The van der Waals surface area contributed by atoms with E-state index in [1.54, 1.807) is 6.07 Å². The fourth-order valence-corrected chi connectivity index (χ4v) is 2.67. The van der Waals surface area contributed by atoms with Crippen LogP contribution in [0.15, 0.2) is 10.6 Å². The van der Waals surface area contributed by atoms with Crippen molar-refractivity contribution in [2.75, 3.05) is 11.5 Å². The van der Waals surface area contributed by atoms with Crippen LogP contribution in [0.4, 0.5) is 0 Å². The van der Waals surface area contributed by atoms with Crippen molar-refractivity contribution >= 4 is 17.7 Å². The van der Waals surface area contributed by atoms with Crippen molar-refractivity contribution in [3.8, 4) is 0 Å². The minimum atomic E-state index is -1.02. The summed E-state index contributed by atoms with van der Waals surface area (Å²) in [4.78, 5) is 10.6. The van der Waals surface area contributed by atoms with Crippen molar-refractivity contribution in [3.63, 3.8) is 0 Å². The Balaban J connectivity index is 2.11. The number of thioether (sulfide) groups is 1. The normalized spacial score (nSPS) is 18.3. The highest BCUT2D eigenvalue weighted by molar-refractivity contribution is 7.99. The fourth-order valence-electron chi connectivity index (χ4n) is 1.56. The lowest BCUT2D eigenvalue weighted by atomic mass is 10.00. The summed E-state index contributed by atoms with van der Waals surface area (Å²) in [6.07, 6.45) is 2.11. The Kier molecular flexibility index (Phi) is 2.77. The van der Waals surface area contributed by atoms with Gasteiger partial charge in [-0.05, 0) is 24.3 Å². The summed E-state index contributed by atoms with van der Waals surface area (Å²) in [5.74, 6) is 2.30. The zero-order chi connectivity index (χ0) is 9.97. The molecule has 4 nitrogen and oxygen atoms in total. The van der Waals surface area contributed by atoms with Gasteiger partial charge in [0.25, 0.3) is 0 Å². The summed E-state index contributed by atoms with van der Waals surface area (Å²) in [5, 5.41) is 12.2. The molecular formula is C9H11NO3S. The van der Waals surface area contributed by atoms with Crippen LogP contribution in [0.3, 0.4) is 0 Å². The number of nitrogens with zero attached hydrogens (tertiary/aromatic N) is 1. The van der Waals surface area contributed by atoms with E-state index < -0.39 is 5.97 Å². The highest BCUT2D eigenvalue weighted by atomic mass is 32.2.